The number of carbonyl (C=O) groups is 2. The Labute approximate surface area is 250 Å². The minimum Gasteiger partial charge on any atom is -0.445 e. The fourth-order valence-corrected chi connectivity index (χ4v) is 10.4. The van der Waals surface area contributed by atoms with Crippen LogP contribution in [-0.4, -0.2) is 36.7 Å². The number of ether oxygens (including phenoxy) is 1. The van der Waals surface area contributed by atoms with Gasteiger partial charge in [-0.25, -0.2) is 10.2 Å². The van der Waals surface area contributed by atoms with Crippen LogP contribution in [0.15, 0.2) is 91.0 Å². The topological polar surface area (TPSA) is 79.5 Å². The van der Waals surface area contributed by atoms with Crippen LogP contribution in [-0.2, 0) is 4.74 Å². The molecule has 1 aliphatic rings. The Kier molecular flexibility index (Phi) is 11.3. The maximum absolute atomic E-state index is 12.5. The number of carbonyl (C=O) groups excluding carboxylic acids is 2. The van der Waals surface area contributed by atoms with Crippen LogP contribution in [0.3, 0.4) is 0 Å². The van der Waals surface area contributed by atoms with Crippen molar-refractivity contribution in [1.29, 1.82) is 0 Å². The Bertz CT molecular complexity index is 1140. The molecule has 41 heavy (non-hydrogen) atoms. The van der Waals surface area contributed by atoms with E-state index in [0.717, 1.165) is 38.3 Å². The third-order valence-corrected chi connectivity index (χ3v) is 12.7. The molecule has 1 saturated carbocycles. The third-order valence-electron chi connectivity index (χ3n) is 8.08. The zero-order valence-electron chi connectivity index (χ0n) is 24.1. The number of amides is 2. The third kappa shape index (κ3) is 8.81. The van der Waals surface area contributed by atoms with Crippen molar-refractivity contribution in [3.8, 4) is 0 Å². The number of thiol groups is 1. The van der Waals surface area contributed by atoms with Crippen LogP contribution in [0, 0.1) is 11.3 Å². The highest BCUT2D eigenvalue weighted by Gasteiger charge is 2.45. The average molecular weight is 593 g/mol. The Balaban J connectivity index is 1.36. The molecule has 6 nitrogen and oxygen atoms in total. The molecule has 0 saturated heterocycles. The quantitative estimate of drug-likeness (QED) is 0.121. The molecule has 0 heterocycles. The maximum Gasteiger partial charge on any atom is 0.421 e. The van der Waals surface area contributed by atoms with E-state index in [1.165, 1.54) is 15.9 Å². The van der Waals surface area contributed by atoms with Crippen LogP contribution >= 0.6 is 19.9 Å². The molecule has 4 rings (SSSR count). The maximum atomic E-state index is 12.5. The lowest BCUT2D eigenvalue weighted by atomic mass is 9.87. The van der Waals surface area contributed by atoms with Crippen molar-refractivity contribution < 1.29 is 14.3 Å². The van der Waals surface area contributed by atoms with Gasteiger partial charge in [0.05, 0.1) is 6.16 Å². The molecule has 0 atom stereocenters. The van der Waals surface area contributed by atoms with Gasteiger partial charge in [-0.2, -0.15) is 0 Å². The van der Waals surface area contributed by atoms with E-state index >= 15 is 0 Å². The molecular weight excluding hydrogens is 549 g/mol. The lowest BCUT2D eigenvalue weighted by Crippen LogP contribution is -2.45. The smallest absolute Gasteiger partial charge is 0.421 e. The average Bonchev–Trinajstić information content (AvgIpc) is 2.99. The highest BCUT2D eigenvalue weighted by atomic mass is 32.1. The monoisotopic (exact) mass is 592 g/mol. The molecule has 0 bridgehead atoms. The van der Waals surface area contributed by atoms with E-state index in [-0.39, 0.29) is 16.8 Å². The highest BCUT2D eigenvalue weighted by molar-refractivity contribution is 7.96. The summed E-state index contributed by atoms with van der Waals surface area (Å²) in [6.07, 6.45) is 4.89. The van der Waals surface area contributed by atoms with Gasteiger partial charge in [0.1, 0.15) is 29.3 Å². The summed E-state index contributed by atoms with van der Waals surface area (Å²) in [5.41, 5.74) is 5.83. The Morgan fingerprint density at radius 1 is 0.829 bits per heavy atom. The second-order valence-electron chi connectivity index (χ2n) is 11.7. The first-order chi connectivity index (χ1) is 19.8. The van der Waals surface area contributed by atoms with E-state index in [1.807, 2.05) is 0 Å². The predicted octanol–water partition coefficient (Wildman–Crippen LogP) is 5.83. The molecule has 1 aliphatic carbocycles. The van der Waals surface area contributed by atoms with E-state index < -0.39 is 13.4 Å². The molecular formula is C33H43N3O3PS+. The predicted molar refractivity (Wildman–Crippen MR) is 174 cm³/mol. The molecule has 0 aliphatic heterocycles. The zero-order valence-corrected chi connectivity index (χ0v) is 25.9. The zero-order chi connectivity index (χ0) is 29.1. The molecule has 3 aromatic carbocycles. The van der Waals surface area contributed by atoms with Crippen molar-refractivity contribution in [2.75, 3.05) is 19.3 Å². The fourth-order valence-electron chi connectivity index (χ4n) is 5.66. The van der Waals surface area contributed by atoms with Gasteiger partial charge in [-0.1, -0.05) is 81.1 Å². The molecule has 3 N–H and O–H groups in total. The number of hydrazine groups is 1. The number of rotatable bonds is 12. The molecule has 0 radical (unpaired) electrons. The van der Waals surface area contributed by atoms with Gasteiger partial charge in [-0.3, -0.25) is 10.2 Å². The van der Waals surface area contributed by atoms with Crippen LogP contribution in [0.25, 0.3) is 0 Å². The lowest BCUT2D eigenvalue weighted by Gasteiger charge is -2.32. The van der Waals surface area contributed by atoms with Gasteiger partial charge >= 0.3 is 6.09 Å². The van der Waals surface area contributed by atoms with Crippen molar-refractivity contribution in [1.82, 2.24) is 16.2 Å². The molecule has 8 heteroatoms. The lowest BCUT2D eigenvalue weighted by molar-refractivity contribution is 0.0611. The standard InChI is InChI=1S/C33H42N3O3PS/c1-33(2,25-35-36-31(37)39-27-20-18-26(19-21-27)24-34-32(38)41)22-23-40(28-12-6-3-7-13-28,29-14-8-4-9-15-29)30-16-10-5-11-17-30/h3-17,26-27,35H,18-25H2,1-2H3,(H2-,34,36,37,38,41)/p+1. The van der Waals surface area contributed by atoms with Gasteiger partial charge in [0, 0.05) is 13.1 Å². The molecule has 0 unspecified atom stereocenters. The minimum absolute atomic E-state index is 0.0770. The van der Waals surface area contributed by atoms with E-state index in [4.69, 9.17) is 4.74 Å². The number of nitrogens with one attached hydrogen (secondary N) is 3. The number of hydrogen-bond donors (Lipinski definition) is 4. The van der Waals surface area contributed by atoms with E-state index in [2.05, 4.69) is 134 Å². The molecule has 218 valence electrons. The van der Waals surface area contributed by atoms with Gasteiger partial charge in [0.25, 0.3) is 5.24 Å². The molecule has 3 aromatic rings. The summed E-state index contributed by atoms with van der Waals surface area (Å²) >= 11 is 3.76. The van der Waals surface area contributed by atoms with Gasteiger partial charge in [0.2, 0.25) is 0 Å². The Morgan fingerprint density at radius 3 is 1.78 bits per heavy atom. The Hall–Kier alpha value is -2.86. The second-order valence-corrected chi connectivity index (χ2v) is 15.7. The van der Waals surface area contributed by atoms with Gasteiger partial charge in [-0.15, -0.1) is 0 Å². The van der Waals surface area contributed by atoms with E-state index in [1.54, 1.807) is 0 Å². The minimum atomic E-state index is -1.91. The van der Waals surface area contributed by atoms with Crippen LogP contribution in [0.2, 0.25) is 0 Å². The summed E-state index contributed by atoms with van der Waals surface area (Å²) in [5, 5.41) is 6.60. The van der Waals surface area contributed by atoms with E-state index in [0.29, 0.717) is 19.0 Å². The normalized spacial score (nSPS) is 17.4. The molecule has 1 fully saturated rings. The van der Waals surface area contributed by atoms with Crippen LogP contribution in [0.5, 0.6) is 0 Å². The highest BCUT2D eigenvalue weighted by Crippen LogP contribution is 2.56. The van der Waals surface area contributed by atoms with Crippen LogP contribution in [0.1, 0.15) is 46.0 Å². The summed E-state index contributed by atoms with van der Waals surface area (Å²) in [5.74, 6) is 0.408. The SMILES string of the molecule is CC(C)(CC[P+](c1ccccc1)(c1ccccc1)c1ccccc1)CNNC(=O)OC1CCC(CNC(=O)S)CC1. The van der Waals surface area contributed by atoms with Gasteiger partial charge in [0.15, 0.2) is 0 Å². The van der Waals surface area contributed by atoms with Crippen molar-refractivity contribution in [3.05, 3.63) is 91.0 Å². The molecule has 0 spiro atoms. The summed E-state index contributed by atoms with van der Waals surface area (Å²) in [6.45, 7) is 5.73. The summed E-state index contributed by atoms with van der Waals surface area (Å²) in [6, 6.07) is 32.8. The number of benzene rings is 3. The summed E-state index contributed by atoms with van der Waals surface area (Å²) in [4.78, 5) is 23.5. The second kappa shape index (κ2) is 14.9. The first kappa shape index (κ1) is 31.1. The summed E-state index contributed by atoms with van der Waals surface area (Å²) < 4.78 is 5.66. The van der Waals surface area contributed by atoms with Gasteiger partial charge < -0.3 is 10.1 Å². The van der Waals surface area contributed by atoms with Crippen LogP contribution < -0.4 is 32.1 Å². The Morgan fingerprint density at radius 2 is 1.32 bits per heavy atom. The van der Waals surface area contributed by atoms with Crippen LogP contribution in [0.4, 0.5) is 9.59 Å². The van der Waals surface area contributed by atoms with Crippen molar-refractivity contribution in [2.45, 2.75) is 52.1 Å². The van der Waals surface area contributed by atoms with Crippen molar-refractivity contribution in [3.63, 3.8) is 0 Å². The van der Waals surface area contributed by atoms with Crippen molar-refractivity contribution >= 4 is 47.1 Å². The van der Waals surface area contributed by atoms with Gasteiger partial charge in [-0.05, 0) is 79.8 Å². The summed E-state index contributed by atoms with van der Waals surface area (Å²) in [7, 11) is -1.91. The number of hydrogen-bond acceptors (Lipinski definition) is 4. The first-order valence-corrected chi connectivity index (χ1v) is 16.9. The molecule has 0 aromatic heterocycles. The first-order valence-electron chi connectivity index (χ1n) is 14.5. The fraction of sp³-hybridized carbons (Fsp3) is 0.394. The largest absolute Gasteiger partial charge is 0.445 e. The molecule has 2 amide bonds. The van der Waals surface area contributed by atoms with E-state index in [9.17, 15) is 9.59 Å². The van der Waals surface area contributed by atoms with Crippen molar-refractivity contribution in [2.24, 2.45) is 11.3 Å².